The van der Waals surface area contributed by atoms with Crippen molar-refractivity contribution in [1.29, 1.82) is 0 Å². The van der Waals surface area contributed by atoms with Crippen molar-refractivity contribution in [1.82, 2.24) is 4.72 Å². The lowest BCUT2D eigenvalue weighted by Gasteiger charge is -2.07. The molecule has 0 aliphatic heterocycles. The van der Waals surface area contributed by atoms with E-state index in [9.17, 15) is 21.6 Å². The topological polar surface area (TPSA) is 46.2 Å². The zero-order valence-electron chi connectivity index (χ0n) is 7.81. The third-order valence-corrected chi connectivity index (χ3v) is 3.53. The van der Waals surface area contributed by atoms with Crippen LogP contribution in [0.4, 0.5) is 13.2 Å². The zero-order chi connectivity index (χ0) is 12.3. The molecular weight excluding hydrogens is 311 g/mol. The van der Waals surface area contributed by atoms with Gasteiger partial charge in [-0.15, -0.1) is 0 Å². The van der Waals surface area contributed by atoms with Gasteiger partial charge >= 0.3 is 0 Å². The SMILES string of the molecule is O=S(=O)(NCCBr)c1c(F)cc(F)cc1F. The van der Waals surface area contributed by atoms with Crippen LogP contribution >= 0.6 is 15.9 Å². The molecule has 0 saturated heterocycles. The van der Waals surface area contributed by atoms with Gasteiger partial charge in [0.05, 0.1) is 0 Å². The summed E-state index contributed by atoms with van der Waals surface area (Å²) in [5, 5.41) is 0.288. The van der Waals surface area contributed by atoms with Gasteiger partial charge in [-0.2, -0.15) is 0 Å². The summed E-state index contributed by atoms with van der Waals surface area (Å²) in [6.45, 7) is -0.0292. The highest BCUT2D eigenvalue weighted by atomic mass is 79.9. The van der Waals surface area contributed by atoms with Gasteiger partial charge in [0.2, 0.25) is 10.0 Å². The molecule has 1 rings (SSSR count). The second kappa shape index (κ2) is 5.15. The molecule has 0 aliphatic carbocycles. The van der Waals surface area contributed by atoms with E-state index in [0.717, 1.165) is 0 Å². The van der Waals surface area contributed by atoms with Crippen molar-refractivity contribution < 1.29 is 21.6 Å². The third-order valence-electron chi connectivity index (χ3n) is 1.62. The molecule has 0 spiro atoms. The molecule has 1 aromatic rings. The number of hydrogen-bond donors (Lipinski definition) is 1. The summed E-state index contributed by atoms with van der Waals surface area (Å²) in [6, 6.07) is 0.623. The first kappa shape index (κ1) is 13.5. The molecule has 16 heavy (non-hydrogen) atoms. The first-order valence-electron chi connectivity index (χ1n) is 4.08. The van der Waals surface area contributed by atoms with Gasteiger partial charge in [0.25, 0.3) is 0 Å². The Hall–Kier alpha value is -0.600. The van der Waals surface area contributed by atoms with Crippen molar-refractivity contribution in [3.05, 3.63) is 29.6 Å². The fourth-order valence-electron chi connectivity index (χ4n) is 1.03. The van der Waals surface area contributed by atoms with Crippen LogP contribution in [-0.4, -0.2) is 20.3 Å². The Bertz CT molecular complexity index is 469. The third kappa shape index (κ3) is 2.96. The van der Waals surface area contributed by atoms with Gasteiger partial charge in [0, 0.05) is 24.0 Å². The molecule has 1 aromatic carbocycles. The second-order valence-corrected chi connectivity index (χ2v) is 5.28. The van der Waals surface area contributed by atoms with E-state index in [0.29, 0.717) is 12.1 Å². The summed E-state index contributed by atoms with van der Waals surface area (Å²) >= 11 is 2.95. The summed E-state index contributed by atoms with van der Waals surface area (Å²) < 4.78 is 63.6. The van der Waals surface area contributed by atoms with E-state index in [1.807, 2.05) is 4.72 Å². The van der Waals surface area contributed by atoms with Gasteiger partial charge in [0.1, 0.15) is 17.5 Å². The minimum Gasteiger partial charge on any atom is -0.210 e. The average molecular weight is 318 g/mol. The molecule has 0 amide bonds. The van der Waals surface area contributed by atoms with Crippen LogP contribution < -0.4 is 4.72 Å². The largest absolute Gasteiger partial charge is 0.246 e. The number of halogens is 4. The van der Waals surface area contributed by atoms with E-state index in [2.05, 4.69) is 15.9 Å². The van der Waals surface area contributed by atoms with Crippen molar-refractivity contribution in [2.45, 2.75) is 4.90 Å². The number of nitrogens with one attached hydrogen (secondary N) is 1. The van der Waals surface area contributed by atoms with Crippen LogP contribution in [0.3, 0.4) is 0 Å². The average Bonchev–Trinajstić information content (AvgIpc) is 2.12. The predicted molar refractivity (Wildman–Crippen MR) is 55.3 cm³/mol. The second-order valence-electron chi connectivity index (χ2n) is 2.79. The van der Waals surface area contributed by atoms with Gasteiger partial charge in [-0.25, -0.2) is 26.3 Å². The first-order chi connectivity index (χ1) is 7.38. The maximum Gasteiger partial charge on any atom is 0.246 e. The van der Waals surface area contributed by atoms with Crippen LogP contribution in [-0.2, 0) is 10.0 Å². The summed E-state index contributed by atoms with van der Waals surface area (Å²) in [4.78, 5) is -1.17. The quantitative estimate of drug-likeness (QED) is 0.860. The highest BCUT2D eigenvalue weighted by Gasteiger charge is 2.24. The Kier molecular flexibility index (Phi) is 4.34. The lowest BCUT2D eigenvalue weighted by molar-refractivity contribution is 0.494. The molecule has 0 aromatic heterocycles. The number of rotatable bonds is 4. The predicted octanol–water partition coefficient (Wildman–Crippen LogP) is 1.78. The number of alkyl halides is 1. The summed E-state index contributed by atoms with van der Waals surface area (Å²) in [5.41, 5.74) is 0. The molecule has 90 valence electrons. The van der Waals surface area contributed by atoms with E-state index in [1.165, 1.54) is 0 Å². The van der Waals surface area contributed by atoms with Crippen molar-refractivity contribution in [3.8, 4) is 0 Å². The number of hydrogen-bond acceptors (Lipinski definition) is 2. The Labute approximate surface area is 98.8 Å². The normalized spacial score (nSPS) is 11.8. The number of sulfonamides is 1. The van der Waals surface area contributed by atoms with Gasteiger partial charge in [0.15, 0.2) is 4.90 Å². The fourth-order valence-corrected chi connectivity index (χ4v) is 2.64. The maximum absolute atomic E-state index is 13.1. The van der Waals surface area contributed by atoms with Crippen LogP contribution in [0.5, 0.6) is 0 Å². The molecule has 1 N–H and O–H groups in total. The van der Waals surface area contributed by atoms with Crippen molar-refractivity contribution in [3.63, 3.8) is 0 Å². The highest BCUT2D eigenvalue weighted by Crippen LogP contribution is 2.19. The fraction of sp³-hybridized carbons (Fsp3) is 0.250. The summed E-state index contributed by atoms with van der Waals surface area (Å²) in [6.07, 6.45) is 0. The molecule has 0 radical (unpaired) electrons. The standard InChI is InChI=1S/C8H7BrF3NO2S/c9-1-2-13-16(14,15)8-6(11)3-5(10)4-7(8)12/h3-4,13H,1-2H2. The molecule has 8 heteroatoms. The Morgan fingerprint density at radius 1 is 1.19 bits per heavy atom. The zero-order valence-corrected chi connectivity index (χ0v) is 10.2. The van der Waals surface area contributed by atoms with Crippen LogP contribution in [0.2, 0.25) is 0 Å². The van der Waals surface area contributed by atoms with Gasteiger partial charge in [-0.1, -0.05) is 15.9 Å². The molecule has 0 unspecified atom stereocenters. The lowest BCUT2D eigenvalue weighted by Crippen LogP contribution is -2.27. The molecular formula is C8H7BrF3NO2S. The van der Waals surface area contributed by atoms with Gasteiger partial charge in [-0.05, 0) is 0 Å². The van der Waals surface area contributed by atoms with Crippen LogP contribution in [0.25, 0.3) is 0 Å². The maximum atomic E-state index is 13.1. The lowest BCUT2D eigenvalue weighted by atomic mass is 10.3. The molecule has 0 bridgehead atoms. The van der Waals surface area contributed by atoms with E-state index in [1.54, 1.807) is 0 Å². The van der Waals surface area contributed by atoms with Gasteiger partial charge < -0.3 is 0 Å². The molecule has 3 nitrogen and oxygen atoms in total. The Balaban J connectivity index is 3.23. The van der Waals surface area contributed by atoms with Crippen LogP contribution in [0, 0.1) is 17.5 Å². The van der Waals surface area contributed by atoms with Gasteiger partial charge in [-0.3, -0.25) is 0 Å². The molecule has 0 atom stereocenters. The molecule has 0 heterocycles. The van der Waals surface area contributed by atoms with Crippen LogP contribution in [0.15, 0.2) is 17.0 Å². The minimum atomic E-state index is -4.30. The molecule has 0 saturated carbocycles. The smallest absolute Gasteiger partial charge is 0.210 e. The number of benzene rings is 1. The van der Waals surface area contributed by atoms with E-state index < -0.39 is 32.4 Å². The highest BCUT2D eigenvalue weighted by molar-refractivity contribution is 9.09. The Morgan fingerprint density at radius 2 is 1.69 bits per heavy atom. The molecule has 0 fully saturated rings. The van der Waals surface area contributed by atoms with Crippen molar-refractivity contribution in [2.24, 2.45) is 0 Å². The first-order valence-corrected chi connectivity index (χ1v) is 6.69. The van der Waals surface area contributed by atoms with Crippen molar-refractivity contribution in [2.75, 3.05) is 11.9 Å². The van der Waals surface area contributed by atoms with Crippen LogP contribution in [0.1, 0.15) is 0 Å². The van der Waals surface area contributed by atoms with Crippen molar-refractivity contribution >= 4 is 26.0 Å². The monoisotopic (exact) mass is 317 g/mol. The molecule has 0 aliphatic rings. The summed E-state index contributed by atoms with van der Waals surface area (Å²) in [5.74, 6) is -4.09. The van der Waals surface area contributed by atoms with E-state index in [4.69, 9.17) is 0 Å². The van der Waals surface area contributed by atoms with E-state index >= 15 is 0 Å². The van der Waals surface area contributed by atoms with E-state index in [-0.39, 0.29) is 11.9 Å². The Morgan fingerprint density at radius 3 is 2.12 bits per heavy atom. The summed E-state index contributed by atoms with van der Waals surface area (Å²) in [7, 11) is -4.30. The minimum absolute atomic E-state index is 0.0292.